The molecule has 6 heteroatoms. The third-order valence-corrected chi connectivity index (χ3v) is 3.26. The first-order chi connectivity index (χ1) is 8.20. The number of halogens is 2. The molecule has 0 spiro atoms. The van der Waals surface area contributed by atoms with E-state index < -0.39 is 11.6 Å². The molecule has 0 aliphatic rings. The van der Waals surface area contributed by atoms with Gasteiger partial charge in [0.25, 0.3) is 0 Å². The van der Waals surface area contributed by atoms with Crippen LogP contribution in [0.5, 0.6) is 0 Å². The highest BCUT2D eigenvalue weighted by molar-refractivity contribution is 7.15. The summed E-state index contributed by atoms with van der Waals surface area (Å²) in [7, 11) is 0. The zero-order valence-electron chi connectivity index (χ0n) is 9.20. The van der Waals surface area contributed by atoms with Crippen molar-refractivity contribution < 1.29 is 8.78 Å². The largest absolute Gasteiger partial charge is 0.356 e. The van der Waals surface area contributed by atoms with E-state index >= 15 is 0 Å². The maximum atomic E-state index is 13.3. The Morgan fingerprint density at radius 1 is 1.29 bits per heavy atom. The molecule has 0 bridgehead atoms. The molecule has 0 aliphatic heterocycles. The number of rotatable bonds is 4. The Balaban J connectivity index is 2.04. The minimum absolute atomic E-state index is 0.196. The van der Waals surface area contributed by atoms with Gasteiger partial charge in [0.2, 0.25) is 5.13 Å². The first kappa shape index (κ1) is 11.9. The second-order valence-corrected chi connectivity index (χ2v) is 4.48. The first-order valence-electron chi connectivity index (χ1n) is 5.20. The standard InChI is InChI=1S/C11H11F2N3S/c1-2-9-15-16-11(17-9)14-6-7-4-3-5-8(12)10(7)13/h3-5H,2,6H2,1H3,(H,14,16). The topological polar surface area (TPSA) is 37.8 Å². The van der Waals surface area contributed by atoms with Crippen molar-refractivity contribution in [2.24, 2.45) is 0 Å². The lowest BCUT2D eigenvalue weighted by atomic mass is 10.2. The molecule has 1 heterocycles. The van der Waals surface area contributed by atoms with Crippen LogP contribution >= 0.6 is 11.3 Å². The molecule has 1 aromatic carbocycles. The van der Waals surface area contributed by atoms with Crippen molar-refractivity contribution in [3.05, 3.63) is 40.4 Å². The molecule has 1 N–H and O–H groups in total. The summed E-state index contributed by atoms with van der Waals surface area (Å²) < 4.78 is 26.3. The van der Waals surface area contributed by atoms with E-state index in [2.05, 4.69) is 15.5 Å². The summed E-state index contributed by atoms with van der Waals surface area (Å²) in [5.74, 6) is -1.66. The fraction of sp³-hybridized carbons (Fsp3) is 0.273. The molecule has 0 radical (unpaired) electrons. The Kier molecular flexibility index (Phi) is 3.63. The molecule has 0 unspecified atom stereocenters. The SMILES string of the molecule is CCc1nnc(NCc2cccc(F)c2F)s1. The molecular weight excluding hydrogens is 244 g/mol. The van der Waals surface area contributed by atoms with E-state index in [0.717, 1.165) is 17.5 Å². The Labute approximate surface area is 102 Å². The van der Waals surface area contributed by atoms with E-state index in [1.54, 1.807) is 0 Å². The van der Waals surface area contributed by atoms with E-state index in [1.165, 1.54) is 23.5 Å². The van der Waals surface area contributed by atoms with E-state index in [0.29, 0.717) is 5.13 Å². The summed E-state index contributed by atoms with van der Waals surface area (Å²) in [4.78, 5) is 0. The average molecular weight is 255 g/mol. The number of nitrogens with one attached hydrogen (secondary N) is 1. The highest BCUT2D eigenvalue weighted by Crippen LogP contribution is 2.18. The molecule has 0 amide bonds. The van der Waals surface area contributed by atoms with Gasteiger partial charge < -0.3 is 5.32 Å². The monoisotopic (exact) mass is 255 g/mol. The van der Waals surface area contributed by atoms with Gasteiger partial charge in [0, 0.05) is 12.1 Å². The zero-order valence-corrected chi connectivity index (χ0v) is 10.0. The van der Waals surface area contributed by atoms with Crippen LogP contribution in [-0.4, -0.2) is 10.2 Å². The first-order valence-corrected chi connectivity index (χ1v) is 6.01. The third-order valence-electron chi connectivity index (χ3n) is 2.23. The maximum absolute atomic E-state index is 13.3. The van der Waals surface area contributed by atoms with Crippen molar-refractivity contribution in [2.45, 2.75) is 19.9 Å². The number of aryl methyl sites for hydroxylation is 1. The van der Waals surface area contributed by atoms with Crippen LogP contribution in [0.2, 0.25) is 0 Å². The number of nitrogens with zero attached hydrogens (tertiary/aromatic N) is 2. The zero-order chi connectivity index (χ0) is 12.3. The van der Waals surface area contributed by atoms with Crippen LogP contribution in [-0.2, 0) is 13.0 Å². The molecule has 1 aromatic heterocycles. The lowest BCUT2D eigenvalue weighted by Crippen LogP contribution is -2.02. The quantitative estimate of drug-likeness (QED) is 0.912. The molecule has 0 fully saturated rings. The summed E-state index contributed by atoms with van der Waals surface area (Å²) in [6.45, 7) is 2.18. The lowest BCUT2D eigenvalue weighted by Gasteiger charge is -2.04. The number of anilines is 1. The van der Waals surface area contributed by atoms with E-state index in [4.69, 9.17) is 0 Å². The molecule has 0 saturated carbocycles. The third kappa shape index (κ3) is 2.76. The normalized spacial score (nSPS) is 10.5. The Morgan fingerprint density at radius 2 is 2.12 bits per heavy atom. The second-order valence-electron chi connectivity index (χ2n) is 3.42. The van der Waals surface area contributed by atoms with Crippen molar-refractivity contribution >= 4 is 16.5 Å². The fourth-order valence-electron chi connectivity index (χ4n) is 1.32. The summed E-state index contributed by atoms with van der Waals surface area (Å²) in [6.07, 6.45) is 0.813. The van der Waals surface area contributed by atoms with Gasteiger partial charge in [0.15, 0.2) is 11.6 Å². The minimum atomic E-state index is -0.837. The summed E-state index contributed by atoms with van der Waals surface area (Å²) >= 11 is 1.41. The summed E-state index contributed by atoms with van der Waals surface area (Å²) in [5.41, 5.74) is 0.276. The Hall–Kier alpha value is -1.56. The smallest absolute Gasteiger partial charge is 0.205 e. The van der Waals surface area contributed by atoms with Gasteiger partial charge in [-0.3, -0.25) is 0 Å². The number of benzene rings is 1. The molecule has 2 rings (SSSR count). The van der Waals surface area contributed by atoms with Crippen LogP contribution < -0.4 is 5.32 Å². The molecule has 0 aliphatic carbocycles. The van der Waals surface area contributed by atoms with Crippen molar-refractivity contribution in [3.63, 3.8) is 0 Å². The van der Waals surface area contributed by atoms with Gasteiger partial charge in [0.1, 0.15) is 5.01 Å². The van der Waals surface area contributed by atoms with E-state index in [9.17, 15) is 8.78 Å². The van der Waals surface area contributed by atoms with Crippen LogP contribution in [0.3, 0.4) is 0 Å². The van der Waals surface area contributed by atoms with Gasteiger partial charge in [-0.1, -0.05) is 30.4 Å². The molecular formula is C11H11F2N3S. The van der Waals surface area contributed by atoms with Gasteiger partial charge >= 0.3 is 0 Å². The minimum Gasteiger partial charge on any atom is -0.356 e. The second kappa shape index (κ2) is 5.18. The fourth-order valence-corrected chi connectivity index (χ4v) is 2.00. The van der Waals surface area contributed by atoms with Crippen molar-refractivity contribution in [2.75, 3.05) is 5.32 Å². The predicted molar refractivity (Wildman–Crippen MR) is 63.0 cm³/mol. The number of aromatic nitrogens is 2. The Bertz CT molecular complexity index is 513. The summed E-state index contributed by atoms with van der Waals surface area (Å²) in [5, 5.41) is 12.3. The lowest BCUT2D eigenvalue weighted by molar-refractivity contribution is 0.500. The summed E-state index contributed by atoms with van der Waals surface area (Å²) in [6, 6.07) is 4.11. The van der Waals surface area contributed by atoms with Crippen LogP contribution in [0.25, 0.3) is 0 Å². The number of hydrogen-bond donors (Lipinski definition) is 1. The molecule has 17 heavy (non-hydrogen) atoms. The molecule has 2 aromatic rings. The highest BCUT2D eigenvalue weighted by Gasteiger charge is 2.08. The predicted octanol–water partition coefficient (Wildman–Crippen LogP) is 2.99. The maximum Gasteiger partial charge on any atom is 0.205 e. The van der Waals surface area contributed by atoms with E-state index in [-0.39, 0.29) is 12.1 Å². The van der Waals surface area contributed by atoms with Crippen molar-refractivity contribution in [1.82, 2.24) is 10.2 Å². The van der Waals surface area contributed by atoms with Crippen molar-refractivity contribution in [1.29, 1.82) is 0 Å². The molecule has 0 saturated heterocycles. The van der Waals surface area contributed by atoms with Crippen molar-refractivity contribution in [3.8, 4) is 0 Å². The molecule has 0 atom stereocenters. The van der Waals surface area contributed by atoms with Crippen LogP contribution in [0.1, 0.15) is 17.5 Å². The van der Waals surface area contributed by atoms with Gasteiger partial charge in [-0.05, 0) is 12.5 Å². The molecule has 90 valence electrons. The van der Waals surface area contributed by atoms with Crippen LogP contribution in [0.15, 0.2) is 18.2 Å². The van der Waals surface area contributed by atoms with Gasteiger partial charge in [-0.2, -0.15) is 0 Å². The van der Waals surface area contributed by atoms with Crippen LogP contribution in [0, 0.1) is 11.6 Å². The van der Waals surface area contributed by atoms with Gasteiger partial charge in [0.05, 0.1) is 0 Å². The Morgan fingerprint density at radius 3 is 2.82 bits per heavy atom. The van der Waals surface area contributed by atoms with Gasteiger partial charge in [-0.25, -0.2) is 8.78 Å². The molecule has 3 nitrogen and oxygen atoms in total. The van der Waals surface area contributed by atoms with Crippen LogP contribution in [0.4, 0.5) is 13.9 Å². The average Bonchev–Trinajstić information content (AvgIpc) is 2.79. The van der Waals surface area contributed by atoms with Gasteiger partial charge in [-0.15, -0.1) is 10.2 Å². The number of hydrogen-bond acceptors (Lipinski definition) is 4. The highest BCUT2D eigenvalue weighted by atomic mass is 32.1. The van der Waals surface area contributed by atoms with E-state index in [1.807, 2.05) is 6.92 Å².